The summed E-state index contributed by atoms with van der Waals surface area (Å²) in [5, 5.41) is 0. The molecule has 4 N–H and O–H groups in total. The fraction of sp³-hybridized carbons (Fsp3) is 0.250. The molecule has 0 saturated heterocycles. The molecule has 0 fully saturated rings. The zero-order valence-corrected chi connectivity index (χ0v) is 6.66. The SMILES string of the molecule is NCCc1ncccc1C(N)=O. The first-order chi connectivity index (χ1) is 5.75. The lowest BCUT2D eigenvalue weighted by atomic mass is 10.1. The van der Waals surface area contributed by atoms with Crippen molar-refractivity contribution >= 4 is 5.91 Å². The van der Waals surface area contributed by atoms with E-state index in [1.54, 1.807) is 18.3 Å². The van der Waals surface area contributed by atoms with Gasteiger partial charge in [0.15, 0.2) is 0 Å². The summed E-state index contributed by atoms with van der Waals surface area (Å²) in [5.74, 6) is -0.452. The van der Waals surface area contributed by atoms with Crippen LogP contribution in [0.3, 0.4) is 0 Å². The highest BCUT2D eigenvalue weighted by atomic mass is 16.1. The Morgan fingerprint density at radius 3 is 2.92 bits per heavy atom. The molecule has 0 aromatic carbocycles. The van der Waals surface area contributed by atoms with Crippen LogP contribution in [0.15, 0.2) is 18.3 Å². The maximum atomic E-state index is 10.8. The lowest BCUT2D eigenvalue weighted by molar-refractivity contribution is 0.0999. The van der Waals surface area contributed by atoms with Crippen LogP contribution in [0, 0.1) is 0 Å². The summed E-state index contributed by atoms with van der Waals surface area (Å²) < 4.78 is 0. The summed E-state index contributed by atoms with van der Waals surface area (Å²) in [4.78, 5) is 14.8. The van der Waals surface area contributed by atoms with Gasteiger partial charge in [0.25, 0.3) is 5.91 Å². The van der Waals surface area contributed by atoms with Gasteiger partial charge in [0.1, 0.15) is 0 Å². The summed E-state index contributed by atoms with van der Waals surface area (Å²) in [6, 6.07) is 3.33. The normalized spacial score (nSPS) is 9.75. The van der Waals surface area contributed by atoms with E-state index in [0.29, 0.717) is 24.2 Å². The Morgan fingerprint density at radius 1 is 1.58 bits per heavy atom. The van der Waals surface area contributed by atoms with Crippen LogP contribution in [0.5, 0.6) is 0 Å². The van der Waals surface area contributed by atoms with E-state index in [1.807, 2.05) is 0 Å². The van der Waals surface area contributed by atoms with Crippen molar-refractivity contribution in [1.82, 2.24) is 4.98 Å². The fourth-order valence-electron chi connectivity index (χ4n) is 0.998. The average molecular weight is 165 g/mol. The highest BCUT2D eigenvalue weighted by molar-refractivity contribution is 5.93. The maximum Gasteiger partial charge on any atom is 0.250 e. The summed E-state index contributed by atoms with van der Waals surface area (Å²) in [5.41, 5.74) is 11.6. The van der Waals surface area contributed by atoms with Crippen molar-refractivity contribution in [3.8, 4) is 0 Å². The molecule has 4 nitrogen and oxygen atoms in total. The minimum Gasteiger partial charge on any atom is -0.366 e. The summed E-state index contributed by atoms with van der Waals surface area (Å²) >= 11 is 0. The molecule has 1 rings (SSSR count). The Labute approximate surface area is 70.6 Å². The van der Waals surface area contributed by atoms with Gasteiger partial charge in [-0.1, -0.05) is 0 Å². The molecule has 1 aromatic heterocycles. The van der Waals surface area contributed by atoms with Gasteiger partial charge in [-0.3, -0.25) is 9.78 Å². The smallest absolute Gasteiger partial charge is 0.250 e. The minimum absolute atomic E-state index is 0.452. The third-order valence-corrected chi connectivity index (χ3v) is 1.54. The first-order valence-corrected chi connectivity index (χ1v) is 3.69. The largest absolute Gasteiger partial charge is 0.366 e. The number of hydrogen-bond acceptors (Lipinski definition) is 3. The van der Waals surface area contributed by atoms with Crippen LogP contribution in [0.2, 0.25) is 0 Å². The second kappa shape index (κ2) is 3.82. The van der Waals surface area contributed by atoms with Gasteiger partial charge in [-0.25, -0.2) is 0 Å². The molecule has 64 valence electrons. The van der Waals surface area contributed by atoms with E-state index in [2.05, 4.69) is 4.98 Å². The molecule has 0 aliphatic carbocycles. The highest BCUT2D eigenvalue weighted by Gasteiger charge is 2.06. The first-order valence-electron chi connectivity index (χ1n) is 3.69. The monoisotopic (exact) mass is 165 g/mol. The molecular formula is C8H11N3O. The number of carbonyl (C=O) groups is 1. The zero-order chi connectivity index (χ0) is 8.97. The van der Waals surface area contributed by atoms with Gasteiger partial charge in [0.2, 0.25) is 0 Å². The number of pyridine rings is 1. The van der Waals surface area contributed by atoms with Crippen LogP contribution in [0.4, 0.5) is 0 Å². The highest BCUT2D eigenvalue weighted by Crippen LogP contribution is 2.03. The van der Waals surface area contributed by atoms with Crippen LogP contribution < -0.4 is 11.5 Å². The maximum absolute atomic E-state index is 10.8. The third kappa shape index (κ3) is 1.79. The molecule has 4 heteroatoms. The van der Waals surface area contributed by atoms with E-state index < -0.39 is 5.91 Å². The van der Waals surface area contributed by atoms with Crippen molar-refractivity contribution in [2.45, 2.75) is 6.42 Å². The van der Waals surface area contributed by atoms with Gasteiger partial charge in [0.05, 0.1) is 11.3 Å². The lowest BCUT2D eigenvalue weighted by Gasteiger charge is -2.02. The Balaban J connectivity index is 3.00. The van der Waals surface area contributed by atoms with E-state index in [9.17, 15) is 4.79 Å². The second-order valence-corrected chi connectivity index (χ2v) is 2.40. The lowest BCUT2D eigenvalue weighted by Crippen LogP contribution is -2.16. The molecule has 0 aliphatic heterocycles. The first kappa shape index (κ1) is 8.67. The molecule has 0 atom stereocenters. The van der Waals surface area contributed by atoms with Gasteiger partial charge < -0.3 is 11.5 Å². The standard InChI is InChI=1S/C8H11N3O/c9-4-3-7-6(8(10)12)2-1-5-11-7/h1-2,5H,3-4,9H2,(H2,10,12). The van der Waals surface area contributed by atoms with Crippen molar-refractivity contribution < 1.29 is 4.79 Å². The molecular weight excluding hydrogens is 154 g/mol. The molecule has 0 radical (unpaired) electrons. The number of amides is 1. The molecule has 1 aromatic rings. The molecule has 1 heterocycles. The van der Waals surface area contributed by atoms with Crippen LogP contribution in [0.25, 0.3) is 0 Å². The summed E-state index contributed by atoms with van der Waals surface area (Å²) in [6.07, 6.45) is 2.20. The van der Waals surface area contributed by atoms with Crippen LogP contribution in [-0.4, -0.2) is 17.4 Å². The predicted molar refractivity (Wildman–Crippen MR) is 45.5 cm³/mol. The van der Waals surface area contributed by atoms with Crippen molar-refractivity contribution in [3.63, 3.8) is 0 Å². The number of nitrogens with two attached hydrogens (primary N) is 2. The van der Waals surface area contributed by atoms with Crippen LogP contribution >= 0.6 is 0 Å². The van der Waals surface area contributed by atoms with E-state index >= 15 is 0 Å². The van der Waals surface area contributed by atoms with Gasteiger partial charge in [-0.2, -0.15) is 0 Å². The molecule has 0 aliphatic rings. The van der Waals surface area contributed by atoms with Crippen LogP contribution in [-0.2, 0) is 6.42 Å². The number of aromatic nitrogens is 1. The van der Waals surface area contributed by atoms with E-state index in [-0.39, 0.29) is 0 Å². The van der Waals surface area contributed by atoms with Gasteiger partial charge >= 0.3 is 0 Å². The number of hydrogen-bond donors (Lipinski definition) is 2. The Morgan fingerprint density at radius 2 is 2.33 bits per heavy atom. The quantitative estimate of drug-likeness (QED) is 0.644. The molecule has 0 spiro atoms. The van der Waals surface area contributed by atoms with Crippen molar-refractivity contribution in [2.75, 3.05) is 6.54 Å². The predicted octanol–water partition coefficient (Wildman–Crippen LogP) is -0.318. The van der Waals surface area contributed by atoms with E-state index in [4.69, 9.17) is 11.5 Å². The van der Waals surface area contributed by atoms with Gasteiger partial charge in [0, 0.05) is 12.6 Å². The van der Waals surface area contributed by atoms with E-state index in [1.165, 1.54) is 0 Å². The van der Waals surface area contributed by atoms with Gasteiger partial charge in [-0.05, 0) is 18.7 Å². The molecule has 1 amide bonds. The number of primary amides is 1. The Bertz CT molecular complexity index is 285. The number of nitrogens with zero attached hydrogens (tertiary/aromatic N) is 1. The van der Waals surface area contributed by atoms with E-state index in [0.717, 1.165) is 0 Å². The Kier molecular flexibility index (Phi) is 2.76. The fourth-order valence-corrected chi connectivity index (χ4v) is 0.998. The summed E-state index contributed by atoms with van der Waals surface area (Å²) in [7, 11) is 0. The average Bonchev–Trinajstić information content (AvgIpc) is 2.05. The number of rotatable bonds is 3. The Hall–Kier alpha value is -1.42. The molecule has 0 bridgehead atoms. The van der Waals surface area contributed by atoms with Gasteiger partial charge in [-0.15, -0.1) is 0 Å². The van der Waals surface area contributed by atoms with Crippen molar-refractivity contribution in [3.05, 3.63) is 29.6 Å². The minimum atomic E-state index is -0.452. The molecule has 12 heavy (non-hydrogen) atoms. The third-order valence-electron chi connectivity index (χ3n) is 1.54. The topological polar surface area (TPSA) is 82.0 Å². The molecule has 0 unspecified atom stereocenters. The van der Waals surface area contributed by atoms with Crippen LogP contribution in [0.1, 0.15) is 16.1 Å². The zero-order valence-electron chi connectivity index (χ0n) is 6.66. The van der Waals surface area contributed by atoms with Crippen molar-refractivity contribution in [2.24, 2.45) is 11.5 Å². The van der Waals surface area contributed by atoms with Crippen molar-refractivity contribution in [1.29, 1.82) is 0 Å². The molecule has 0 saturated carbocycles. The number of carbonyl (C=O) groups excluding carboxylic acids is 1. The summed E-state index contributed by atoms with van der Waals surface area (Å²) in [6.45, 7) is 0.470. The second-order valence-electron chi connectivity index (χ2n) is 2.40.